The number of carbonyl (C=O) groups is 1. The monoisotopic (exact) mass is 230 g/mol. The first kappa shape index (κ1) is 11.8. The third-order valence-corrected chi connectivity index (χ3v) is 2.94. The molecule has 2 saturated heterocycles. The van der Waals surface area contributed by atoms with Gasteiger partial charge in [0.2, 0.25) is 5.91 Å². The molecule has 0 spiro atoms. The molecular formula is C10H18N2O4. The zero-order valence-electron chi connectivity index (χ0n) is 9.22. The van der Waals surface area contributed by atoms with E-state index in [4.69, 9.17) is 9.47 Å². The lowest BCUT2D eigenvalue weighted by molar-refractivity contribution is -0.146. The first-order chi connectivity index (χ1) is 7.83. The minimum atomic E-state index is -0.277. The lowest BCUT2D eigenvalue weighted by atomic mass is 10.1. The summed E-state index contributed by atoms with van der Waals surface area (Å²) in [7, 11) is 0. The molecule has 0 aromatic heterocycles. The molecule has 0 radical (unpaired) electrons. The number of hydrogen-bond acceptors (Lipinski definition) is 5. The van der Waals surface area contributed by atoms with Crippen molar-refractivity contribution < 1.29 is 19.4 Å². The van der Waals surface area contributed by atoms with E-state index in [-0.39, 0.29) is 24.6 Å². The van der Waals surface area contributed by atoms with Crippen LogP contribution in [-0.4, -0.2) is 74.1 Å². The second-order valence-corrected chi connectivity index (χ2v) is 4.02. The van der Waals surface area contributed by atoms with Crippen LogP contribution in [0.3, 0.4) is 0 Å². The highest BCUT2D eigenvalue weighted by atomic mass is 16.5. The highest BCUT2D eigenvalue weighted by Gasteiger charge is 2.32. The van der Waals surface area contributed by atoms with Gasteiger partial charge in [0.1, 0.15) is 6.04 Å². The molecule has 6 nitrogen and oxygen atoms in total. The SMILES string of the molecule is O=C(C1COCCN1)N1CCOCC1CO. The molecule has 2 rings (SSSR count). The molecule has 2 heterocycles. The summed E-state index contributed by atoms with van der Waals surface area (Å²) in [6, 6.07) is -0.495. The van der Waals surface area contributed by atoms with Gasteiger partial charge in [0.05, 0.1) is 39.1 Å². The molecule has 0 aliphatic carbocycles. The Morgan fingerprint density at radius 1 is 1.38 bits per heavy atom. The quantitative estimate of drug-likeness (QED) is 0.585. The fourth-order valence-electron chi connectivity index (χ4n) is 2.02. The molecule has 1 amide bonds. The van der Waals surface area contributed by atoms with Crippen molar-refractivity contribution in [1.29, 1.82) is 0 Å². The Hall–Kier alpha value is -0.690. The normalized spacial score (nSPS) is 31.4. The third-order valence-electron chi connectivity index (χ3n) is 2.94. The van der Waals surface area contributed by atoms with Gasteiger partial charge in [0.15, 0.2) is 0 Å². The number of aliphatic hydroxyl groups is 1. The molecular weight excluding hydrogens is 212 g/mol. The summed E-state index contributed by atoms with van der Waals surface area (Å²) in [5, 5.41) is 12.3. The van der Waals surface area contributed by atoms with Crippen molar-refractivity contribution in [2.45, 2.75) is 12.1 Å². The molecule has 92 valence electrons. The van der Waals surface area contributed by atoms with Gasteiger partial charge in [0, 0.05) is 13.1 Å². The largest absolute Gasteiger partial charge is 0.394 e. The van der Waals surface area contributed by atoms with Crippen molar-refractivity contribution in [2.75, 3.05) is 46.1 Å². The molecule has 2 atom stereocenters. The maximum Gasteiger partial charge on any atom is 0.242 e. The zero-order valence-corrected chi connectivity index (χ0v) is 9.22. The summed E-state index contributed by atoms with van der Waals surface area (Å²) in [4.78, 5) is 13.8. The van der Waals surface area contributed by atoms with Gasteiger partial charge in [-0.15, -0.1) is 0 Å². The highest BCUT2D eigenvalue weighted by molar-refractivity contribution is 5.82. The molecule has 0 saturated carbocycles. The fourth-order valence-corrected chi connectivity index (χ4v) is 2.02. The van der Waals surface area contributed by atoms with Crippen LogP contribution in [0.25, 0.3) is 0 Å². The molecule has 2 fully saturated rings. The molecule has 0 aromatic carbocycles. The Kier molecular flexibility index (Phi) is 4.11. The van der Waals surface area contributed by atoms with Crippen LogP contribution in [0.4, 0.5) is 0 Å². The first-order valence-electron chi connectivity index (χ1n) is 5.63. The van der Waals surface area contributed by atoms with Gasteiger partial charge < -0.3 is 24.8 Å². The van der Waals surface area contributed by atoms with Crippen molar-refractivity contribution in [1.82, 2.24) is 10.2 Å². The fraction of sp³-hybridized carbons (Fsp3) is 0.900. The topological polar surface area (TPSA) is 71.0 Å². The van der Waals surface area contributed by atoms with Crippen LogP contribution in [0.5, 0.6) is 0 Å². The molecule has 6 heteroatoms. The predicted octanol–water partition coefficient (Wildman–Crippen LogP) is -1.81. The number of nitrogens with zero attached hydrogens (tertiary/aromatic N) is 1. The highest BCUT2D eigenvalue weighted by Crippen LogP contribution is 2.09. The second kappa shape index (κ2) is 5.58. The van der Waals surface area contributed by atoms with Gasteiger partial charge >= 0.3 is 0 Å². The Bertz CT molecular complexity index is 243. The van der Waals surface area contributed by atoms with Gasteiger partial charge in [-0.3, -0.25) is 4.79 Å². The maximum atomic E-state index is 12.1. The predicted molar refractivity (Wildman–Crippen MR) is 56.0 cm³/mol. The van der Waals surface area contributed by atoms with Gasteiger partial charge in [-0.25, -0.2) is 0 Å². The molecule has 2 unspecified atom stereocenters. The molecule has 2 N–H and O–H groups in total. The number of amides is 1. The van der Waals surface area contributed by atoms with Crippen LogP contribution in [0.15, 0.2) is 0 Å². The minimum Gasteiger partial charge on any atom is -0.394 e. The van der Waals surface area contributed by atoms with Gasteiger partial charge in [0.25, 0.3) is 0 Å². The minimum absolute atomic E-state index is 0.00190. The van der Waals surface area contributed by atoms with Crippen molar-refractivity contribution in [3.63, 3.8) is 0 Å². The molecule has 16 heavy (non-hydrogen) atoms. The Morgan fingerprint density at radius 2 is 2.19 bits per heavy atom. The summed E-state index contributed by atoms with van der Waals surface area (Å²) in [6.07, 6.45) is 0. The number of aliphatic hydroxyl groups excluding tert-OH is 1. The summed E-state index contributed by atoms with van der Waals surface area (Å²) in [5.74, 6) is 0.00190. The first-order valence-corrected chi connectivity index (χ1v) is 5.63. The van der Waals surface area contributed by atoms with E-state index in [1.54, 1.807) is 4.90 Å². The summed E-state index contributed by atoms with van der Waals surface area (Å²) >= 11 is 0. The van der Waals surface area contributed by atoms with Crippen LogP contribution in [0.1, 0.15) is 0 Å². The number of hydrogen-bond donors (Lipinski definition) is 2. The Balaban J connectivity index is 1.95. The van der Waals surface area contributed by atoms with E-state index >= 15 is 0 Å². The van der Waals surface area contributed by atoms with Crippen LogP contribution >= 0.6 is 0 Å². The van der Waals surface area contributed by atoms with E-state index in [0.717, 1.165) is 0 Å². The van der Waals surface area contributed by atoms with Crippen molar-refractivity contribution in [3.8, 4) is 0 Å². The van der Waals surface area contributed by atoms with Gasteiger partial charge in [-0.1, -0.05) is 0 Å². The van der Waals surface area contributed by atoms with Gasteiger partial charge in [-0.05, 0) is 0 Å². The van der Waals surface area contributed by atoms with Crippen molar-refractivity contribution in [3.05, 3.63) is 0 Å². The number of morpholine rings is 2. The van der Waals surface area contributed by atoms with E-state index in [0.29, 0.717) is 39.5 Å². The summed E-state index contributed by atoms with van der Waals surface area (Å²) < 4.78 is 10.5. The van der Waals surface area contributed by atoms with Crippen LogP contribution in [0, 0.1) is 0 Å². The molecule has 0 bridgehead atoms. The van der Waals surface area contributed by atoms with Gasteiger partial charge in [-0.2, -0.15) is 0 Å². The molecule has 2 aliphatic heterocycles. The van der Waals surface area contributed by atoms with E-state index in [9.17, 15) is 9.90 Å². The lowest BCUT2D eigenvalue weighted by Crippen LogP contribution is -2.58. The van der Waals surface area contributed by atoms with Crippen LogP contribution in [0.2, 0.25) is 0 Å². The average Bonchev–Trinajstić information content (AvgIpc) is 2.39. The smallest absolute Gasteiger partial charge is 0.242 e. The standard InChI is InChI=1S/C10H18N2O4/c13-5-8-6-16-4-2-12(8)10(14)9-7-15-3-1-11-9/h8-9,11,13H,1-7H2. The number of rotatable bonds is 2. The number of ether oxygens (including phenoxy) is 2. The lowest BCUT2D eigenvalue weighted by Gasteiger charge is -2.37. The summed E-state index contributed by atoms with van der Waals surface area (Å²) in [5.41, 5.74) is 0. The zero-order chi connectivity index (χ0) is 11.4. The second-order valence-electron chi connectivity index (χ2n) is 4.02. The molecule has 0 aromatic rings. The van der Waals surface area contributed by atoms with E-state index in [1.165, 1.54) is 0 Å². The molecule has 2 aliphatic rings. The Morgan fingerprint density at radius 3 is 2.88 bits per heavy atom. The number of nitrogens with one attached hydrogen (secondary N) is 1. The Labute approximate surface area is 94.5 Å². The van der Waals surface area contributed by atoms with Crippen molar-refractivity contribution >= 4 is 5.91 Å². The van der Waals surface area contributed by atoms with E-state index in [1.807, 2.05) is 0 Å². The van der Waals surface area contributed by atoms with E-state index in [2.05, 4.69) is 5.32 Å². The van der Waals surface area contributed by atoms with Crippen LogP contribution < -0.4 is 5.32 Å². The third kappa shape index (κ3) is 2.52. The van der Waals surface area contributed by atoms with E-state index < -0.39 is 0 Å². The maximum absolute atomic E-state index is 12.1. The average molecular weight is 230 g/mol. The van der Waals surface area contributed by atoms with Crippen molar-refractivity contribution in [2.24, 2.45) is 0 Å². The van der Waals surface area contributed by atoms with Crippen LogP contribution in [-0.2, 0) is 14.3 Å². The summed E-state index contributed by atoms with van der Waals surface area (Å²) in [6.45, 7) is 3.20. The number of carbonyl (C=O) groups excluding carboxylic acids is 1.